The van der Waals surface area contributed by atoms with Crippen LogP contribution in [0.5, 0.6) is 0 Å². The summed E-state index contributed by atoms with van der Waals surface area (Å²) in [6.45, 7) is 7.77. The van der Waals surface area contributed by atoms with E-state index in [0.717, 1.165) is 19.3 Å². The van der Waals surface area contributed by atoms with Gasteiger partial charge in [0.05, 0.1) is 18.1 Å². The van der Waals surface area contributed by atoms with E-state index < -0.39 is 42.0 Å². The summed E-state index contributed by atoms with van der Waals surface area (Å²) in [7, 11) is 1.69. The van der Waals surface area contributed by atoms with E-state index >= 15 is 0 Å². The van der Waals surface area contributed by atoms with Crippen LogP contribution >= 0.6 is 0 Å². The van der Waals surface area contributed by atoms with Crippen molar-refractivity contribution in [1.82, 2.24) is 4.90 Å². The molecule has 0 aromatic heterocycles. The molecule has 0 heterocycles. The maximum atomic E-state index is 12.9. The van der Waals surface area contributed by atoms with Gasteiger partial charge in [-0.15, -0.1) is 0 Å². The van der Waals surface area contributed by atoms with E-state index in [-0.39, 0.29) is 34.8 Å². The molecule has 4 N–H and O–H groups in total. The van der Waals surface area contributed by atoms with Crippen LogP contribution < -0.4 is 0 Å². The largest absolute Gasteiger partial charge is 0.438 e. The smallest absolute Gasteiger partial charge is 0.410 e. The SMILES string of the molecule is CC1=C[C@]23C(O)[C@@H](C=C(CO)[C@@H](O)[C@]2(O)[C@H]1OC(=O)N(C)C1CC1)[C@H]1[C@@H](C[C@H]3C)C1(C)C. The van der Waals surface area contributed by atoms with Crippen molar-refractivity contribution in [2.75, 3.05) is 13.7 Å². The van der Waals surface area contributed by atoms with Crippen LogP contribution in [-0.2, 0) is 4.74 Å². The summed E-state index contributed by atoms with van der Waals surface area (Å²) in [4.78, 5) is 14.4. The van der Waals surface area contributed by atoms with Crippen molar-refractivity contribution < 1.29 is 30.0 Å². The summed E-state index contributed by atoms with van der Waals surface area (Å²) in [5.41, 5.74) is -2.21. The lowest BCUT2D eigenvalue weighted by atomic mass is 9.58. The molecule has 0 aromatic rings. The van der Waals surface area contributed by atoms with Crippen LogP contribution in [-0.4, -0.2) is 75.0 Å². The maximum Gasteiger partial charge on any atom is 0.410 e. The lowest BCUT2D eigenvalue weighted by Gasteiger charge is -2.52. The number of fused-ring (bicyclic) bond motifs is 3. The topological polar surface area (TPSA) is 110 Å². The first-order valence-electron chi connectivity index (χ1n) is 12.0. The molecule has 5 aliphatic carbocycles. The fourth-order valence-electron chi connectivity index (χ4n) is 7.70. The Morgan fingerprint density at radius 1 is 1.28 bits per heavy atom. The van der Waals surface area contributed by atoms with Gasteiger partial charge >= 0.3 is 6.09 Å². The maximum absolute atomic E-state index is 12.9. The van der Waals surface area contributed by atoms with Gasteiger partial charge in [0.15, 0.2) is 6.10 Å². The van der Waals surface area contributed by atoms with Crippen molar-refractivity contribution >= 4 is 6.09 Å². The van der Waals surface area contributed by atoms with E-state index in [2.05, 4.69) is 13.8 Å². The highest BCUT2D eigenvalue weighted by atomic mass is 16.6. The molecule has 5 aliphatic rings. The van der Waals surface area contributed by atoms with Gasteiger partial charge in [-0.1, -0.05) is 32.9 Å². The minimum atomic E-state index is -1.97. The van der Waals surface area contributed by atoms with Gasteiger partial charge in [0.2, 0.25) is 0 Å². The molecule has 1 amide bonds. The van der Waals surface area contributed by atoms with E-state index in [9.17, 15) is 25.2 Å². The van der Waals surface area contributed by atoms with Crippen molar-refractivity contribution in [2.24, 2.45) is 34.5 Å². The summed E-state index contributed by atoms with van der Waals surface area (Å²) in [5.74, 6) is 0.108. The second-order valence-corrected chi connectivity index (χ2v) is 11.7. The van der Waals surface area contributed by atoms with Gasteiger partial charge in [-0.2, -0.15) is 0 Å². The van der Waals surface area contributed by atoms with Crippen molar-refractivity contribution in [2.45, 2.75) is 76.9 Å². The van der Waals surface area contributed by atoms with Crippen molar-refractivity contribution in [1.29, 1.82) is 0 Å². The second kappa shape index (κ2) is 6.81. The Labute approximate surface area is 189 Å². The number of nitrogens with zero attached hydrogens (tertiary/aromatic N) is 1. The van der Waals surface area contributed by atoms with Crippen LogP contribution in [0.1, 0.15) is 47.0 Å². The van der Waals surface area contributed by atoms with Crippen LogP contribution in [0.2, 0.25) is 0 Å². The van der Waals surface area contributed by atoms with Crippen LogP contribution in [0.15, 0.2) is 23.3 Å². The van der Waals surface area contributed by atoms with Gasteiger partial charge in [-0.05, 0) is 60.5 Å². The molecule has 2 bridgehead atoms. The summed E-state index contributed by atoms with van der Waals surface area (Å²) < 4.78 is 5.87. The summed E-state index contributed by atoms with van der Waals surface area (Å²) in [6.07, 6.45) is 2.20. The zero-order chi connectivity index (χ0) is 23.4. The third-order valence-corrected chi connectivity index (χ3v) is 9.76. The Kier molecular flexibility index (Phi) is 4.76. The number of amides is 1. The molecular formula is C25H37NO6. The zero-order valence-electron chi connectivity index (χ0n) is 19.7. The van der Waals surface area contributed by atoms with Gasteiger partial charge in [-0.3, -0.25) is 0 Å². The highest BCUT2D eigenvalue weighted by Gasteiger charge is 2.76. The molecule has 3 fully saturated rings. The van der Waals surface area contributed by atoms with E-state index in [1.807, 2.05) is 13.0 Å². The number of hydrogen-bond donors (Lipinski definition) is 4. The first-order valence-corrected chi connectivity index (χ1v) is 12.0. The molecule has 32 heavy (non-hydrogen) atoms. The lowest BCUT2D eigenvalue weighted by Crippen LogP contribution is -2.67. The van der Waals surface area contributed by atoms with Crippen LogP contribution in [0, 0.1) is 34.5 Å². The average molecular weight is 448 g/mol. The van der Waals surface area contributed by atoms with E-state index in [4.69, 9.17) is 4.74 Å². The zero-order valence-corrected chi connectivity index (χ0v) is 19.7. The summed E-state index contributed by atoms with van der Waals surface area (Å²) in [5, 5.41) is 45.9. The fourth-order valence-corrected chi connectivity index (χ4v) is 7.70. The van der Waals surface area contributed by atoms with E-state index in [0.29, 0.717) is 11.5 Å². The van der Waals surface area contributed by atoms with Crippen LogP contribution in [0.25, 0.3) is 0 Å². The number of aliphatic hydroxyl groups excluding tert-OH is 3. The summed E-state index contributed by atoms with van der Waals surface area (Å²) in [6, 6.07) is 0.143. The third kappa shape index (κ3) is 2.59. The summed E-state index contributed by atoms with van der Waals surface area (Å²) >= 11 is 0. The first kappa shape index (κ1) is 22.4. The molecule has 3 saturated carbocycles. The molecule has 0 saturated heterocycles. The van der Waals surface area contributed by atoms with Gasteiger partial charge in [0.1, 0.15) is 11.7 Å². The van der Waals surface area contributed by atoms with Crippen LogP contribution in [0.4, 0.5) is 4.79 Å². The molecule has 1 spiro atoms. The molecular weight excluding hydrogens is 410 g/mol. The Balaban J connectivity index is 1.62. The Morgan fingerprint density at radius 3 is 2.53 bits per heavy atom. The molecule has 1 unspecified atom stereocenters. The van der Waals surface area contributed by atoms with Crippen molar-refractivity contribution in [3.05, 3.63) is 23.3 Å². The molecule has 0 aromatic carbocycles. The highest BCUT2D eigenvalue weighted by Crippen LogP contribution is 2.72. The predicted molar refractivity (Wildman–Crippen MR) is 117 cm³/mol. The van der Waals surface area contributed by atoms with Gasteiger partial charge in [0, 0.05) is 19.0 Å². The molecule has 0 aliphatic heterocycles. The van der Waals surface area contributed by atoms with Gasteiger partial charge in [0.25, 0.3) is 0 Å². The average Bonchev–Trinajstić information content (AvgIpc) is 3.64. The van der Waals surface area contributed by atoms with E-state index in [1.165, 1.54) is 0 Å². The number of ether oxygens (including phenoxy) is 1. The Bertz CT molecular complexity index is 893. The molecule has 178 valence electrons. The minimum absolute atomic E-state index is 0.0438. The van der Waals surface area contributed by atoms with Crippen LogP contribution in [0.3, 0.4) is 0 Å². The molecule has 9 atom stereocenters. The normalized spacial score (nSPS) is 48.5. The fraction of sp³-hybridized carbons (Fsp3) is 0.800. The molecule has 5 rings (SSSR count). The number of carbonyl (C=O) groups is 1. The van der Waals surface area contributed by atoms with E-state index in [1.54, 1.807) is 24.9 Å². The number of rotatable bonds is 3. The van der Waals surface area contributed by atoms with Crippen molar-refractivity contribution in [3.8, 4) is 0 Å². The second-order valence-electron chi connectivity index (χ2n) is 11.7. The Hall–Kier alpha value is -1.41. The third-order valence-electron chi connectivity index (χ3n) is 9.76. The number of carbonyl (C=O) groups excluding carboxylic acids is 1. The highest BCUT2D eigenvalue weighted by molar-refractivity contribution is 5.69. The van der Waals surface area contributed by atoms with Gasteiger partial charge in [-0.25, -0.2) is 4.79 Å². The standard InChI is InChI=1S/C25H37NO6/c1-12-10-24-13(2)8-17-18(23(17,3)4)16(20(24)29)9-14(11-27)19(28)25(24,31)21(12)32-22(30)26(5)15-6-7-15/h9-10,13,15-21,27-29,31H,6-8,11H2,1-5H3/t13-,16+,17-,18+,19-,20?,21+,24+,25+/m1/s1. The molecule has 7 heteroatoms. The van der Waals surface area contributed by atoms with Gasteiger partial charge < -0.3 is 30.1 Å². The number of aliphatic hydroxyl groups is 4. The predicted octanol–water partition coefficient (Wildman–Crippen LogP) is 1.85. The quantitative estimate of drug-likeness (QED) is 0.492. The Morgan fingerprint density at radius 2 is 1.94 bits per heavy atom. The minimum Gasteiger partial charge on any atom is -0.438 e. The molecule has 7 nitrogen and oxygen atoms in total. The first-order chi connectivity index (χ1) is 14.9. The molecule has 0 radical (unpaired) electrons. The lowest BCUT2D eigenvalue weighted by molar-refractivity contribution is -0.216. The monoisotopic (exact) mass is 447 g/mol. The van der Waals surface area contributed by atoms with Crippen molar-refractivity contribution in [3.63, 3.8) is 0 Å². The number of hydrogen-bond acceptors (Lipinski definition) is 6.